The fraction of sp³-hybridized carbons (Fsp3) is 0.188. The number of amides is 1. The van der Waals surface area contributed by atoms with Crippen LogP contribution in [0.25, 0.3) is 0 Å². The molecule has 0 atom stereocenters. The highest BCUT2D eigenvalue weighted by molar-refractivity contribution is 5.93. The Morgan fingerprint density at radius 1 is 1.14 bits per heavy atom. The lowest BCUT2D eigenvalue weighted by Gasteiger charge is -2.09. The molecule has 5 heteroatoms. The third kappa shape index (κ3) is 4.42. The second-order valence-electron chi connectivity index (χ2n) is 4.76. The molecule has 0 aliphatic rings. The maximum absolute atomic E-state index is 12.0. The number of carbonyl (C=O) groups excluding carboxylic acids is 1. The summed E-state index contributed by atoms with van der Waals surface area (Å²) in [6.07, 6.45) is 1.75. The fourth-order valence-corrected chi connectivity index (χ4v) is 1.94. The van der Waals surface area contributed by atoms with Gasteiger partial charge in [0.25, 0.3) is 0 Å². The van der Waals surface area contributed by atoms with E-state index in [1.54, 1.807) is 30.5 Å². The lowest BCUT2D eigenvalue weighted by atomic mass is 10.1. The van der Waals surface area contributed by atoms with Gasteiger partial charge in [-0.25, -0.2) is 0 Å². The number of nitrogens with zero attached hydrogens (tertiary/aromatic N) is 1. The SMILES string of the molecule is Cc1ccc(CC(=O)Nc2ccccc2CC(=O)O)cn1. The lowest BCUT2D eigenvalue weighted by molar-refractivity contribution is -0.136. The fourth-order valence-electron chi connectivity index (χ4n) is 1.94. The van der Waals surface area contributed by atoms with Crippen LogP contribution in [0.4, 0.5) is 5.69 Å². The first-order chi connectivity index (χ1) is 10.0. The van der Waals surface area contributed by atoms with Crippen molar-refractivity contribution >= 4 is 17.6 Å². The molecular formula is C16H16N2O3. The van der Waals surface area contributed by atoms with Gasteiger partial charge in [-0.15, -0.1) is 0 Å². The number of nitrogens with one attached hydrogen (secondary N) is 1. The van der Waals surface area contributed by atoms with E-state index in [4.69, 9.17) is 5.11 Å². The van der Waals surface area contributed by atoms with Crippen molar-refractivity contribution in [1.82, 2.24) is 4.98 Å². The Balaban J connectivity index is 2.05. The number of aliphatic carboxylic acids is 1. The molecule has 5 nitrogen and oxygen atoms in total. The van der Waals surface area contributed by atoms with E-state index >= 15 is 0 Å². The molecule has 0 unspecified atom stereocenters. The van der Waals surface area contributed by atoms with E-state index in [1.807, 2.05) is 19.1 Å². The molecule has 0 radical (unpaired) electrons. The number of anilines is 1. The number of carboxylic acid groups (broad SMARTS) is 1. The molecule has 1 aromatic heterocycles. The summed E-state index contributed by atoms with van der Waals surface area (Å²) in [7, 11) is 0. The third-order valence-corrected chi connectivity index (χ3v) is 2.97. The van der Waals surface area contributed by atoms with Crippen molar-refractivity contribution in [3.8, 4) is 0 Å². The van der Waals surface area contributed by atoms with Crippen LogP contribution in [-0.2, 0) is 22.4 Å². The number of aromatic nitrogens is 1. The lowest BCUT2D eigenvalue weighted by Crippen LogP contribution is -2.16. The number of aryl methyl sites for hydroxylation is 1. The van der Waals surface area contributed by atoms with Crippen LogP contribution in [-0.4, -0.2) is 22.0 Å². The Morgan fingerprint density at radius 2 is 1.90 bits per heavy atom. The van der Waals surface area contributed by atoms with Crippen LogP contribution in [0.2, 0.25) is 0 Å². The number of hydrogen-bond donors (Lipinski definition) is 2. The molecule has 0 saturated heterocycles. The second-order valence-corrected chi connectivity index (χ2v) is 4.76. The van der Waals surface area contributed by atoms with Crippen LogP contribution < -0.4 is 5.32 Å². The molecule has 2 rings (SSSR count). The van der Waals surface area contributed by atoms with Gasteiger partial charge in [-0.2, -0.15) is 0 Å². The van der Waals surface area contributed by atoms with Gasteiger partial charge in [0.05, 0.1) is 12.8 Å². The van der Waals surface area contributed by atoms with Gasteiger partial charge < -0.3 is 10.4 Å². The first-order valence-corrected chi connectivity index (χ1v) is 6.55. The van der Waals surface area contributed by atoms with E-state index in [0.717, 1.165) is 11.3 Å². The van der Waals surface area contributed by atoms with Gasteiger partial charge in [0.2, 0.25) is 5.91 Å². The monoisotopic (exact) mass is 284 g/mol. The van der Waals surface area contributed by atoms with Crippen LogP contribution in [0.15, 0.2) is 42.6 Å². The largest absolute Gasteiger partial charge is 0.481 e. The van der Waals surface area contributed by atoms with E-state index in [2.05, 4.69) is 10.3 Å². The molecule has 0 aliphatic carbocycles. The summed E-state index contributed by atoms with van der Waals surface area (Å²) >= 11 is 0. The average molecular weight is 284 g/mol. The summed E-state index contributed by atoms with van der Waals surface area (Å²) in [6, 6.07) is 10.6. The van der Waals surface area contributed by atoms with Crippen LogP contribution in [0, 0.1) is 6.92 Å². The minimum absolute atomic E-state index is 0.122. The summed E-state index contributed by atoms with van der Waals surface area (Å²) in [5.41, 5.74) is 2.82. The number of pyridine rings is 1. The molecule has 0 spiro atoms. The van der Waals surface area contributed by atoms with Gasteiger partial charge in [-0.3, -0.25) is 14.6 Å². The Hall–Kier alpha value is -2.69. The highest BCUT2D eigenvalue weighted by atomic mass is 16.4. The van der Waals surface area contributed by atoms with Gasteiger partial charge in [-0.1, -0.05) is 24.3 Å². The zero-order chi connectivity index (χ0) is 15.2. The van der Waals surface area contributed by atoms with Crippen LogP contribution in [0.5, 0.6) is 0 Å². The summed E-state index contributed by atoms with van der Waals surface area (Å²) < 4.78 is 0. The van der Waals surface area contributed by atoms with E-state index in [-0.39, 0.29) is 18.7 Å². The third-order valence-electron chi connectivity index (χ3n) is 2.97. The quantitative estimate of drug-likeness (QED) is 0.882. The zero-order valence-electron chi connectivity index (χ0n) is 11.7. The van der Waals surface area contributed by atoms with Crippen LogP contribution in [0.3, 0.4) is 0 Å². The van der Waals surface area contributed by atoms with E-state index < -0.39 is 5.97 Å². The van der Waals surface area contributed by atoms with Crippen LogP contribution >= 0.6 is 0 Å². The number of rotatable bonds is 5. The minimum Gasteiger partial charge on any atom is -0.481 e. The number of carbonyl (C=O) groups is 2. The number of benzene rings is 1. The molecule has 1 aromatic carbocycles. The highest BCUT2D eigenvalue weighted by Crippen LogP contribution is 2.16. The van der Waals surface area contributed by atoms with Crippen molar-refractivity contribution in [2.45, 2.75) is 19.8 Å². The Labute approximate surface area is 122 Å². The van der Waals surface area contributed by atoms with Gasteiger partial charge in [0, 0.05) is 17.6 Å². The first-order valence-electron chi connectivity index (χ1n) is 6.55. The topological polar surface area (TPSA) is 79.3 Å². The van der Waals surface area contributed by atoms with Crippen molar-refractivity contribution in [1.29, 1.82) is 0 Å². The summed E-state index contributed by atoms with van der Waals surface area (Å²) in [5.74, 6) is -1.13. The Bertz CT molecular complexity index is 651. The van der Waals surface area contributed by atoms with Crippen LogP contribution in [0.1, 0.15) is 16.8 Å². The standard InChI is InChI=1S/C16H16N2O3/c1-11-6-7-12(10-17-11)8-15(19)18-14-5-3-2-4-13(14)9-16(20)21/h2-7,10H,8-9H2,1H3,(H,18,19)(H,20,21). The summed E-state index contributed by atoms with van der Waals surface area (Å²) in [4.78, 5) is 27.0. The predicted molar refractivity (Wildman–Crippen MR) is 79.1 cm³/mol. The van der Waals surface area contributed by atoms with Gasteiger partial charge >= 0.3 is 5.97 Å². The average Bonchev–Trinajstić information content (AvgIpc) is 2.43. The molecule has 1 amide bonds. The number of hydrogen-bond acceptors (Lipinski definition) is 3. The maximum atomic E-state index is 12.0. The van der Waals surface area contributed by atoms with Crippen molar-refractivity contribution < 1.29 is 14.7 Å². The smallest absolute Gasteiger partial charge is 0.307 e. The van der Waals surface area contributed by atoms with Crippen molar-refractivity contribution in [2.24, 2.45) is 0 Å². The van der Waals surface area contributed by atoms with E-state index in [0.29, 0.717) is 11.3 Å². The number of carboxylic acids is 1. The summed E-state index contributed by atoms with van der Waals surface area (Å²) in [6.45, 7) is 1.88. The second kappa shape index (κ2) is 6.65. The molecule has 108 valence electrons. The molecule has 2 aromatic rings. The molecule has 2 N–H and O–H groups in total. The summed E-state index contributed by atoms with van der Waals surface area (Å²) in [5, 5.41) is 11.6. The highest BCUT2D eigenvalue weighted by Gasteiger charge is 2.10. The molecule has 0 saturated carbocycles. The van der Waals surface area contributed by atoms with Gasteiger partial charge in [0.1, 0.15) is 0 Å². The van der Waals surface area contributed by atoms with Crippen molar-refractivity contribution in [2.75, 3.05) is 5.32 Å². The van der Waals surface area contributed by atoms with Crippen molar-refractivity contribution in [3.05, 3.63) is 59.4 Å². The maximum Gasteiger partial charge on any atom is 0.307 e. The van der Waals surface area contributed by atoms with E-state index in [9.17, 15) is 9.59 Å². The number of para-hydroxylation sites is 1. The van der Waals surface area contributed by atoms with E-state index in [1.165, 1.54) is 0 Å². The Kier molecular flexibility index (Phi) is 4.66. The molecule has 0 aliphatic heterocycles. The molecule has 0 bridgehead atoms. The minimum atomic E-state index is -0.931. The molecular weight excluding hydrogens is 268 g/mol. The van der Waals surface area contributed by atoms with Gasteiger partial charge in [-0.05, 0) is 30.2 Å². The Morgan fingerprint density at radius 3 is 2.57 bits per heavy atom. The molecule has 1 heterocycles. The molecule has 21 heavy (non-hydrogen) atoms. The van der Waals surface area contributed by atoms with Crippen molar-refractivity contribution in [3.63, 3.8) is 0 Å². The zero-order valence-corrected chi connectivity index (χ0v) is 11.7. The normalized spacial score (nSPS) is 10.1. The molecule has 0 fully saturated rings. The predicted octanol–water partition coefficient (Wildman–Crippen LogP) is 2.20. The van der Waals surface area contributed by atoms with Gasteiger partial charge in [0.15, 0.2) is 0 Å². The first kappa shape index (κ1) is 14.7.